The highest BCUT2D eigenvalue weighted by Gasteiger charge is 2.56. The summed E-state index contributed by atoms with van der Waals surface area (Å²) >= 11 is 0. The molecule has 2 aliphatic rings. The largest absolute Gasteiger partial charge is 0.348 e. The van der Waals surface area contributed by atoms with Crippen LogP contribution in [0.15, 0.2) is 42.7 Å². The van der Waals surface area contributed by atoms with E-state index >= 15 is 0 Å². The third-order valence-corrected chi connectivity index (χ3v) is 5.33. The van der Waals surface area contributed by atoms with Gasteiger partial charge in [0.15, 0.2) is 0 Å². The third kappa shape index (κ3) is 2.45. The molecule has 5 heteroatoms. The monoisotopic (exact) mass is 310 g/mol. The van der Waals surface area contributed by atoms with Crippen LogP contribution in [0.3, 0.4) is 0 Å². The molecule has 1 atom stereocenters. The highest BCUT2D eigenvalue weighted by atomic mass is 16.2. The molecule has 2 aliphatic heterocycles. The molecule has 0 saturated carbocycles. The zero-order valence-electron chi connectivity index (χ0n) is 13.4. The number of carbonyl (C=O) groups is 1. The Kier molecular flexibility index (Phi) is 3.45. The van der Waals surface area contributed by atoms with Gasteiger partial charge in [0.05, 0.1) is 17.7 Å². The van der Waals surface area contributed by atoms with Crippen molar-refractivity contribution in [3.63, 3.8) is 0 Å². The van der Waals surface area contributed by atoms with Crippen molar-refractivity contribution in [2.24, 2.45) is 12.5 Å². The average Bonchev–Trinajstić information content (AvgIpc) is 2.99. The first-order valence-corrected chi connectivity index (χ1v) is 8.23. The van der Waals surface area contributed by atoms with Crippen LogP contribution in [0, 0.1) is 5.41 Å². The number of carbonyl (C=O) groups excluding carboxylic acids is 1. The van der Waals surface area contributed by atoms with Gasteiger partial charge >= 0.3 is 0 Å². The summed E-state index contributed by atoms with van der Waals surface area (Å²) in [6.45, 7) is 2.85. The van der Waals surface area contributed by atoms with Gasteiger partial charge in [-0.2, -0.15) is 5.10 Å². The summed E-state index contributed by atoms with van der Waals surface area (Å²) in [6, 6.07) is 10.5. The number of hydrogen-bond acceptors (Lipinski definition) is 3. The molecule has 1 unspecified atom stereocenters. The van der Waals surface area contributed by atoms with Gasteiger partial charge in [0, 0.05) is 25.4 Å². The van der Waals surface area contributed by atoms with Crippen LogP contribution in [0.4, 0.5) is 0 Å². The van der Waals surface area contributed by atoms with Crippen LogP contribution in [0.2, 0.25) is 0 Å². The number of aromatic nitrogens is 2. The van der Waals surface area contributed by atoms with Gasteiger partial charge in [-0.05, 0) is 31.5 Å². The van der Waals surface area contributed by atoms with Gasteiger partial charge in [0.25, 0.3) is 0 Å². The predicted molar refractivity (Wildman–Crippen MR) is 87.5 cm³/mol. The fourth-order valence-electron chi connectivity index (χ4n) is 3.95. The van der Waals surface area contributed by atoms with Crippen LogP contribution >= 0.6 is 0 Å². The standard InChI is InChI=1S/C18H22N4O/c1-21-12-14(11-19-21)13-22-9-7-18(8-10-22)16(20-17(18)23)15-5-3-2-4-6-15/h2-6,11-12,16H,7-10,13H2,1H3,(H,20,23). The second-order valence-electron chi connectivity index (χ2n) is 6.77. The Hall–Kier alpha value is -2.14. The van der Waals surface area contributed by atoms with Crippen LogP contribution < -0.4 is 5.32 Å². The summed E-state index contributed by atoms with van der Waals surface area (Å²) < 4.78 is 1.84. The van der Waals surface area contributed by atoms with Crippen molar-refractivity contribution in [3.8, 4) is 0 Å². The van der Waals surface area contributed by atoms with Gasteiger partial charge in [-0.25, -0.2) is 0 Å². The summed E-state index contributed by atoms with van der Waals surface area (Å²) in [5.41, 5.74) is 2.27. The molecule has 2 fully saturated rings. The van der Waals surface area contributed by atoms with Gasteiger partial charge < -0.3 is 5.32 Å². The summed E-state index contributed by atoms with van der Waals surface area (Å²) in [4.78, 5) is 14.7. The lowest BCUT2D eigenvalue weighted by Crippen LogP contribution is -2.64. The van der Waals surface area contributed by atoms with Crippen LogP contribution in [-0.2, 0) is 18.4 Å². The van der Waals surface area contributed by atoms with Crippen molar-refractivity contribution in [2.45, 2.75) is 25.4 Å². The summed E-state index contributed by atoms with van der Waals surface area (Å²) in [5, 5.41) is 7.34. The molecule has 1 spiro atoms. The first-order valence-electron chi connectivity index (χ1n) is 8.23. The van der Waals surface area contributed by atoms with E-state index in [1.807, 2.05) is 36.1 Å². The Balaban J connectivity index is 1.44. The van der Waals surface area contributed by atoms with Gasteiger partial charge in [-0.3, -0.25) is 14.4 Å². The van der Waals surface area contributed by atoms with Crippen molar-refractivity contribution < 1.29 is 4.79 Å². The Labute approximate surface area is 136 Å². The van der Waals surface area contributed by atoms with E-state index in [0.29, 0.717) is 0 Å². The van der Waals surface area contributed by atoms with Gasteiger partial charge in [-0.15, -0.1) is 0 Å². The third-order valence-electron chi connectivity index (χ3n) is 5.33. The second-order valence-corrected chi connectivity index (χ2v) is 6.77. The molecule has 3 heterocycles. The van der Waals surface area contributed by atoms with E-state index in [0.717, 1.165) is 32.5 Å². The number of hydrogen-bond donors (Lipinski definition) is 1. The average molecular weight is 310 g/mol. The Morgan fingerprint density at radius 1 is 1.26 bits per heavy atom. The number of likely N-dealkylation sites (tertiary alicyclic amines) is 1. The molecule has 1 aromatic carbocycles. The number of rotatable bonds is 3. The van der Waals surface area contributed by atoms with E-state index in [-0.39, 0.29) is 17.4 Å². The highest BCUT2D eigenvalue weighted by molar-refractivity contribution is 5.90. The van der Waals surface area contributed by atoms with E-state index in [9.17, 15) is 4.79 Å². The molecule has 0 radical (unpaired) electrons. The summed E-state index contributed by atoms with van der Waals surface area (Å²) in [5.74, 6) is 0.229. The minimum atomic E-state index is -0.202. The molecule has 0 aliphatic carbocycles. The summed E-state index contributed by atoms with van der Waals surface area (Å²) in [7, 11) is 1.94. The van der Waals surface area contributed by atoms with Crippen LogP contribution in [-0.4, -0.2) is 33.7 Å². The number of nitrogens with zero attached hydrogens (tertiary/aromatic N) is 3. The normalized spacial score (nSPS) is 23.5. The number of benzene rings is 1. The Morgan fingerprint density at radius 3 is 2.61 bits per heavy atom. The van der Waals surface area contributed by atoms with Crippen molar-refractivity contribution in [1.29, 1.82) is 0 Å². The van der Waals surface area contributed by atoms with E-state index in [4.69, 9.17) is 0 Å². The van der Waals surface area contributed by atoms with Gasteiger partial charge in [-0.1, -0.05) is 30.3 Å². The van der Waals surface area contributed by atoms with Crippen LogP contribution in [0.5, 0.6) is 0 Å². The topological polar surface area (TPSA) is 50.2 Å². The first-order chi connectivity index (χ1) is 11.2. The SMILES string of the molecule is Cn1cc(CN2CCC3(CC2)C(=O)NC3c2ccccc2)cn1. The molecule has 1 amide bonds. The van der Waals surface area contributed by atoms with E-state index in [1.165, 1.54) is 11.1 Å². The molecule has 2 aromatic rings. The van der Waals surface area contributed by atoms with Gasteiger partial charge in [0.2, 0.25) is 5.91 Å². The smallest absolute Gasteiger partial charge is 0.229 e. The zero-order valence-corrected chi connectivity index (χ0v) is 13.4. The number of β-lactam (4-membered cyclic amide) rings is 1. The lowest BCUT2D eigenvalue weighted by atomic mass is 9.64. The number of nitrogens with one attached hydrogen (secondary N) is 1. The highest BCUT2D eigenvalue weighted by Crippen LogP contribution is 2.49. The van der Waals surface area contributed by atoms with Crippen molar-refractivity contribution in [1.82, 2.24) is 20.0 Å². The maximum Gasteiger partial charge on any atom is 0.229 e. The number of aryl methyl sites for hydroxylation is 1. The molecular weight excluding hydrogens is 288 g/mol. The Bertz CT molecular complexity index is 701. The summed E-state index contributed by atoms with van der Waals surface area (Å²) in [6.07, 6.45) is 5.84. The fourth-order valence-corrected chi connectivity index (χ4v) is 3.95. The Morgan fingerprint density at radius 2 is 2.00 bits per heavy atom. The number of amides is 1. The minimum Gasteiger partial charge on any atom is -0.348 e. The first kappa shape index (κ1) is 14.5. The molecule has 23 heavy (non-hydrogen) atoms. The second kappa shape index (κ2) is 5.49. The lowest BCUT2D eigenvalue weighted by molar-refractivity contribution is -0.151. The fraction of sp³-hybridized carbons (Fsp3) is 0.444. The molecule has 120 valence electrons. The quantitative estimate of drug-likeness (QED) is 0.881. The molecule has 0 bridgehead atoms. The minimum absolute atomic E-state index is 0.178. The van der Waals surface area contributed by atoms with Crippen molar-refractivity contribution in [3.05, 3.63) is 53.9 Å². The molecule has 4 rings (SSSR count). The van der Waals surface area contributed by atoms with E-state index < -0.39 is 0 Å². The van der Waals surface area contributed by atoms with Crippen molar-refractivity contribution in [2.75, 3.05) is 13.1 Å². The van der Waals surface area contributed by atoms with Crippen molar-refractivity contribution >= 4 is 5.91 Å². The van der Waals surface area contributed by atoms with E-state index in [2.05, 4.69) is 33.6 Å². The predicted octanol–water partition coefficient (Wildman–Crippen LogP) is 1.87. The molecular formula is C18H22N4O. The zero-order chi connectivity index (χ0) is 15.9. The molecule has 5 nitrogen and oxygen atoms in total. The maximum absolute atomic E-state index is 12.3. The lowest BCUT2D eigenvalue weighted by Gasteiger charge is -2.52. The number of piperidine rings is 1. The molecule has 1 N–H and O–H groups in total. The molecule has 1 aromatic heterocycles. The van der Waals surface area contributed by atoms with E-state index in [1.54, 1.807) is 0 Å². The van der Waals surface area contributed by atoms with Gasteiger partial charge in [0.1, 0.15) is 0 Å². The van der Waals surface area contributed by atoms with Crippen LogP contribution in [0.25, 0.3) is 0 Å². The van der Waals surface area contributed by atoms with Crippen LogP contribution in [0.1, 0.15) is 30.0 Å². The maximum atomic E-state index is 12.3. The molecule has 2 saturated heterocycles.